The maximum atomic E-state index is 13.4. The Bertz CT molecular complexity index is 684. The first kappa shape index (κ1) is 14.0. The highest BCUT2D eigenvalue weighted by Crippen LogP contribution is 2.33. The lowest BCUT2D eigenvalue weighted by molar-refractivity contribution is 0.627. The third-order valence-electron chi connectivity index (χ3n) is 3.43. The highest BCUT2D eigenvalue weighted by Gasteiger charge is 2.18. The van der Waals surface area contributed by atoms with E-state index in [1.54, 1.807) is 12.1 Å². The Morgan fingerprint density at radius 1 is 0.714 bits per heavy atom. The molecule has 0 bridgehead atoms. The lowest BCUT2D eigenvalue weighted by Gasteiger charge is -2.21. The molecule has 0 radical (unpaired) electrons. The van der Waals surface area contributed by atoms with Gasteiger partial charge in [0.15, 0.2) is 0 Å². The summed E-state index contributed by atoms with van der Waals surface area (Å²) in [7, 11) is -0.646. The number of benzene rings is 3. The molecule has 0 atom stereocenters. The zero-order valence-corrected chi connectivity index (χ0v) is 12.7. The first-order chi connectivity index (χ1) is 10.3. The van der Waals surface area contributed by atoms with Gasteiger partial charge in [0, 0.05) is 0 Å². The van der Waals surface area contributed by atoms with Crippen LogP contribution < -0.4 is 15.9 Å². The summed E-state index contributed by atoms with van der Waals surface area (Å²) < 4.78 is 13.4. The Kier molecular flexibility index (Phi) is 4.13. The highest BCUT2D eigenvalue weighted by molar-refractivity contribution is 7.79. The van der Waals surface area contributed by atoms with E-state index in [0.29, 0.717) is 0 Å². The molecular weight excluding hydrogens is 278 g/mol. The zero-order valence-electron chi connectivity index (χ0n) is 11.8. The Labute approximate surface area is 126 Å². The van der Waals surface area contributed by atoms with Crippen LogP contribution in [0.25, 0.3) is 0 Å². The van der Waals surface area contributed by atoms with E-state index in [-0.39, 0.29) is 5.82 Å². The van der Waals surface area contributed by atoms with Gasteiger partial charge in [-0.05, 0) is 48.5 Å². The van der Waals surface area contributed by atoms with Crippen LogP contribution in [0.2, 0.25) is 0 Å². The summed E-state index contributed by atoms with van der Waals surface area (Å²) in [5.41, 5.74) is 1.01. The number of rotatable bonds is 3. The second kappa shape index (κ2) is 6.20. The van der Waals surface area contributed by atoms with Crippen molar-refractivity contribution in [2.24, 2.45) is 0 Å². The number of hydrogen-bond acceptors (Lipinski definition) is 0. The Hall–Kier alpha value is -1.98. The van der Waals surface area contributed by atoms with Gasteiger partial charge in [-0.3, -0.25) is 0 Å². The molecule has 0 spiro atoms. The molecule has 2 heteroatoms. The monoisotopic (exact) mass is 294 g/mol. The van der Waals surface area contributed by atoms with Crippen LogP contribution in [-0.2, 0) is 0 Å². The summed E-state index contributed by atoms with van der Waals surface area (Å²) in [6.07, 6.45) is 0. The van der Waals surface area contributed by atoms with Crippen LogP contribution in [0.4, 0.5) is 4.39 Å². The van der Waals surface area contributed by atoms with Gasteiger partial charge in [0.25, 0.3) is 0 Å². The predicted octanol–water partition coefficient (Wildman–Crippen LogP) is 3.89. The third-order valence-corrected chi connectivity index (χ3v) is 6.04. The van der Waals surface area contributed by atoms with Gasteiger partial charge in [-0.25, -0.2) is 4.39 Å². The molecular formula is C19H16FP. The van der Waals surface area contributed by atoms with Crippen molar-refractivity contribution < 1.29 is 4.39 Å². The molecule has 0 saturated heterocycles. The zero-order chi connectivity index (χ0) is 14.7. The molecule has 3 rings (SSSR count). The van der Waals surface area contributed by atoms with E-state index < -0.39 is 7.92 Å². The van der Waals surface area contributed by atoms with E-state index in [1.165, 1.54) is 15.9 Å². The fraction of sp³-hybridized carbons (Fsp3) is 0.0526. The van der Waals surface area contributed by atoms with Crippen LogP contribution in [0.5, 0.6) is 0 Å². The first-order valence-electron chi connectivity index (χ1n) is 6.92. The largest absolute Gasteiger partial charge is 0.207 e. The maximum absolute atomic E-state index is 13.4. The van der Waals surface area contributed by atoms with Gasteiger partial charge >= 0.3 is 0 Å². The van der Waals surface area contributed by atoms with Crippen LogP contribution in [0.1, 0.15) is 5.56 Å². The van der Waals surface area contributed by atoms with Gasteiger partial charge in [0.05, 0.1) is 0 Å². The van der Waals surface area contributed by atoms with Gasteiger partial charge in [-0.1, -0.05) is 66.7 Å². The molecule has 0 unspecified atom stereocenters. The van der Waals surface area contributed by atoms with E-state index >= 15 is 0 Å². The quantitative estimate of drug-likeness (QED) is 0.643. The molecule has 21 heavy (non-hydrogen) atoms. The fourth-order valence-corrected chi connectivity index (χ4v) is 4.89. The standard InChI is InChI=1S/C19H16FP/c1-15-14-16(20)12-13-19(15)21(17-8-4-2-5-9-17)18-10-6-3-7-11-18/h2-14H,1H3. The summed E-state index contributed by atoms with van der Waals surface area (Å²) >= 11 is 0. The van der Waals surface area contributed by atoms with Crippen molar-refractivity contribution in [3.8, 4) is 0 Å². The summed E-state index contributed by atoms with van der Waals surface area (Å²) in [4.78, 5) is 0. The Balaban J connectivity index is 2.17. The average molecular weight is 294 g/mol. The van der Waals surface area contributed by atoms with E-state index in [4.69, 9.17) is 0 Å². The fourth-order valence-electron chi connectivity index (χ4n) is 2.45. The molecule has 0 aliphatic heterocycles. The molecule has 0 heterocycles. The SMILES string of the molecule is Cc1cc(F)ccc1P(c1ccccc1)c1ccccc1. The van der Waals surface area contributed by atoms with Crippen LogP contribution in [-0.4, -0.2) is 0 Å². The first-order valence-corrected chi connectivity index (χ1v) is 8.26. The molecule has 0 N–H and O–H groups in total. The van der Waals surface area contributed by atoms with Crippen molar-refractivity contribution in [3.05, 3.63) is 90.2 Å². The summed E-state index contributed by atoms with van der Waals surface area (Å²) in [5, 5.41) is 3.78. The molecule has 0 fully saturated rings. The Morgan fingerprint density at radius 2 is 1.24 bits per heavy atom. The minimum absolute atomic E-state index is 0.174. The highest BCUT2D eigenvalue weighted by atomic mass is 31.1. The van der Waals surface area contributed by atoms with E-state index in [9.17, 15) is 4.39 Å². The second-order valence-corrected chi connectivity index (χ2v) is 7.12. The predicted molar refractivity (Wildman–Crippen MR) is 89.8 cm³/mol. The van der Waals surface area contributed by atoms with Gasteiger partial charge < -0.3 is 0 Å². The van der Waals surface area contributed by atoms with E-state index in [2.05, 4.69) is 48.5 Å². The minimum atomic E-state index is -0.646. The topological polar surface area (TPSA) is 0 Å². The average Bonchev–Trinajstić information content (AvgIpc) is 2.52. The van der Waals surface area contributed by atoms with Crippen LogP contribution in [0.3, 0.4) is 0 Å². The van der Waals surface area contributed by atoms with Gasteiger partial charge in [-0.15, -0.1) is 0 Å². The second-order valence-electron chi connectivity index (χ2n) is 4.94. The summed E-state index contributed by atoms with van der Waals surface area (Å²) in [6, 6.07) is 26.0. The lowest BCUT2D eigenvalue weighted by Crippen LogP contribution is -2.22. The van der Waals surface area contributed by atoms with E-state index in [1.807, 2.05) is 25.1 Å². The van der Waals surface area contributed by atoms with Crippen molar-refractivity contribution in [1.29, 1.82) is 0 Å². The molecule has 0 aliphatic rings. The third kappa shape index (κ3) is 3.04. The molecule has 0 aliphatic carbocycles. The van der Waals surface area contributed by atoms with Crippen molar-refractivity contribution in [1.82, 2.24) is 0 Å². The summed E-state index contributed by atoms with van der Waals surface area (Å²) in [5.74, 6) is -0.174. The minimum Gasteiger partial charge on any atom is -0.207 e. The van der Waals surface area contributed by atoms with Crippen molar-refractivity contribution in [3.63, 3.8) is 0 Å². The van der Waals surface area contributed by atoms with Crippen LogP contribution in [0.15, 0.2) is 78.9 Å². The molecule has 0 saturated carbocycles. The molecule has 0 amide bonds. The molecule has 3 aromatic carbocycles. The molecule has 0 nitrogen and oxygen atoms in total. The Morgan fingerprint density at radius 3 is 1.71 bits per heavy atom. The molecule has 0 aromatic heterocycles. The number of halogens is 1. The molecule has 104 valence electrons. The van der Waals surface area contributed by atoms with E-state index in [0.717, 1.165) is 5.56 Å². The van der Waals surface area contributed by atoms with Crippen molar-refractivity contribution >= 4 is 23.8 Å². The van der Waals surface area contributed by atoms with Gasteiger partial charge in [0.1, 0.15) is 5.82 Å². The van der Waals surface area contributed by atoms with Crippen molar-refractivity contribution in [2.75, 3.05) is 0 Å². The normalized spacial score (nSPS) is 10.8. The molecule has 3 aromatic rings. The lowest BCUT2D eigenvalue weighted by atomic mass is 10.2. The van der Waals surface area contributed by atoms with Gasteiger partial charge in [0.2, 0.25) is 0 Å². The smallest absolute Gasteiger partial charge is 0.123 e. The van der Waals surface area contributed by atoms with Gasteiger partial charge in [-0.2, -0.15) is 0 Å². The number of aryl methyl sites for hydroxylation is 1. The maximum Gasteiger partial charge on any atom is 0.123 e. The van der Waals surface area contributed by atoms with Crippen molar-refractivity contribution in [2.45, 2.75) is 6.92 Å². The van der Waals surface area contributed by atoms with Crippen LogP contribution in [0, 0.1) is 12.7 Å². The van der Waals surface area contributed by atoms with Crippen LogP contribution >= 0.6 is 7.92 Å². The number of hydrogen-bond donors (Lipinski definition) is 0. The summed E-state index contributed by atoms with van der Waals surface area (Å²) in [6.45, 7) is 1.99.